The van der Waals surface area contributed by atoms with Crippen LogP contribution in [0.5, 0.6) is 0 Å². The lowest BCUT2D eigenvalue weighted by atomic mass is 10.2. The van der Waals surface area contributed by atoms with Gasteiger partial charge >= 0.3 is 0 Å². The molecule has 0 radical (unpaired) electrons. The van der Waals surface area contributed by atoms with E-state index in [0.717, 1.165) is 31.7 Å². The highest BCUT2D eigenvalue weighted by atomic mass is 35.5. The van der Waals surface area contributed by atoms with E-state index in [2.05, 4.69) is 32.8 Å². The molecule has 0 aliphatic carbocycles. The van der Waals surface area contributed by atoms with Crippen LogP contribution in [0, 0.1) is 0 Å². The maximum Gasteiger partial charge on any atom is 0.262 e. The van der Waals surface area contributed by atoms with Crippen molar-refractivity contribution >= 4 is 35.2 Å². The van der Waals surface area contributed by atoms with Gasteiger partial charge in [-0.25, -0.2) is 0 Å². The van der Waals surface area contributed by atoms with Crippen molar-refractivity contribution in [1.29, 1.82) is 0 Å². The lowest BCUT2D eigenvalue weighted by Crippen LogP contribution is -2.48. The highest BCUT2D eigenvalue weighted by molar-refractivity contribution is 6.30. The second-order valence-corrected chi connectivity index (χ2v) is 7.28. The summed E-state index contributed by atoms with van der Waals surface area (Å²) in [6.07, 6.45) is 3.33. The van der Waals surface area contributed by atoms with E-state index in [1.54, 1.807) is 24.3 Å². The second-order valence-electron chi connectivity index (χ2n) is 6.84. The van der Waals surface area contributed by atoms with Crippen LogP contribution in [0.15, 0.2) is 60.7 Å². The number of hydrogen-bond donors (Lipinski definition) is 2. The molecule has 29 heavy (non-hydrogen) atoms. The van der Waals surface area contributed by atoms with Crippen LogP contribution >= 0.6 is 11.6 Å². The number of carbonyl (C=O) groups is 2. The molecule has 6 nitrogen and oxygen atoms in total. The van der Waals surface area contributed by atoms with Gasteiger partial charge < -0.3 is 4.90 Å². The molecular weight excluding hydrogens is 388 g/mol. The number of rotatable bonds is 6. The van der Waals surface area contributed by atoms with Crippen molar-refractivity contribution < 1.29 is 9.59 Å². The standard InChI is InChI=1S/C22H25ClN4O2/c23-19-6-4-5-18(17-19)9-10-21(28)24-25-22(29)11-12-26-13-15-27(16-14-26)20-7-2-1-3-8-20/h1-10,17H,11-16H2,(H,24,28)(H,25,29)/b10-9+. The number of amides is 2. The van der Waals surface area contributed by atoms with Gasteiger partial charge in [-0.2, -0.15) is 0 Å². The van der Waals surface area contributed by atoms with Crippen molar-refractivity contribution in [3.8, 4) is 0 Å². The van der Waals surface area contributed by atoms with Crippen molar-refractivity contribution in [2.75, 3.05) is 37.6 Å². The molecule has 1 aliphatic heterocycles. The molecule has 2 amide bonds. The minimum Gasteiger partial charge on any atom is -0.369 e. The number of carbonyl (C=O) groups excluding carboxylic acids is 2. The second kappa shape index (κ2) is 10.6. The predicted molar refractivity (Wildman–Crippen MR) is 116 cm³/mol. The Balaban J connectivity index is 1.32. The molecule has 0 bridgehead atoms. The first-order valence-electron chi connectivity index (χ1n) is 9.65. The molecule has 2 aromatic carbocycles. The molecule has 1 heterocycles. The van der Waals surface area contributed by atoms with Crippen LogP contribution in [0.1, 0.15) is 12.0 Å². The molecule has 2 N–H and O–H groups in total. The van der Waals surface area contributed by atoms with Crippen molar-refractivity contribution in [3.63, 3.8) is 0 Å². The van der Waals surface area contributed by atoms with Gasteiger partial charge in [0, 0.05) is 55.9 Å². The van der Waals surface area contributed by atoms with Gasteiger partial charge in [-0.3, -0.25) is 25.3 Å². The molecule has 0 aromatic heterocycles. The zero-order valence-corrected chi connectivity index (χ0v) is 16.9. The Morgan fingerprint density at radius 2 is 1.72 bits per heavy atom. The van der Waals surface area contributed by atoms with Crippen LogP contribution in [0.25, 0.3) is 6.08 Å². The Morgan fingerprint density at radius 1 is 0.966 bits per heavy atom. The van der Waals surface area contributed by atoms with Crippen LogP contribution in [-0.2, 0) is 9.59 Å². The van der Waals surface area contributed by atoms with E-state index in [-0.39, 0.29) is 5.91 Å². The Morgan fingerprint density at radius 3 is 2.45 bits per heavy atom. The average Bonchev–Trinajstić information content (AvgIpc) is 2.76. The largest absolute Gasteiger partial charge is 0.369 e. The van der Waals surface area contributed by atoms with Gasteiger partial charge in [-0.15, -0.1) is 0 Å². The Hall–Kier alpha value is -2.83. The molecule has 152 valence electrons. The number of hydrogen-bond acceptors (Lipinski definition) is 4. The Bertz CT molecular complexity index is 849. The van der Waals surface area contributed by atoms with Crippen molar-refractivity contribution in [2.45, 2.75) is 6.42 Å². The van der Waals surface area contributed by atoms with Crippen LogP contribution < -0.4 is 15.8 Å². The highest BCUT2D eigenvalue weighted by Gasteiger charge is 2.17. The predicted octanol–water partition coefficient (Wildman–Crippen LogP) is 2.71. The number of halogens is 1. The summed E-state index contributed by atoms with van der Waals surface area (Å²) in [4.78, 5) is 28.4. The lowest BCUT2D eigenvalue weighted by molar-refractivity contribution is -0.127. The van der Waals surface area contributed by atoms with E-state index < -0.39 is 5.91 Å². The van der Waals surface area contributed by atoms with E-state index in [4.69, 9.17) is 11.6 Å². The first-order chi connectivity index (χ1) is 14.1. The first kappa shape index (κ1) is 20.9. The lowest BCUT2D eigenvalue weighted by Gasteiger charge is -2.36. The summed E-state index contributed by atoms with van der Waals surface area (Å²) in [5.41, 5.74) is 6.90. The molecule has 7 heteroatoms. The van der Waals surface area contributed by atoms with E-state index in [1.165, 1.54) is 11.8 Å². The number of hydrazine groups is 1. The monoisotopic (exact) mass is 412 g/mol. The number of anilines is 1. The van der Waals surface area contributed by atoms with Crippen LogP contribution in [0.4, 0.5) is 5.69 Å². The maximum absolute atomic E-state index is 12.0. The summed E-state index contributed by atoms with van der Waals surface area (Å²) >= 11 is 5.90. The fourth-order valence-corrected chi connectivity index (χ4v) is 3.34. The highest BCUT2D eigenvalue weighted by Crippen LogP contribution is 2.15. The molecule has 1 fully saturated rings. The van der Waals surface area contributed by atoms with Gasteiger partial charge in [-0.05, 0) is 35.9 Å². The smallest absolute Gasteiger partial charge is 0.262 e. The molecular formula is C22H25ClN4O2. The summed E-state index contributed by atoms with van der Waals surface area (Å²) in [7, 11) is 0. The zero-order chi connectivity index (χ0) is 20.5. The van der Waals surface area contributed by atoms with Gasteiger partial charge in [0.25, 0.3) is 5.91 Å². The molecule has 0 spiro atoms. The minimum atomic E-state index is -0.394. The number of piperazine rings is 1. The Kier molecular flexibility index (Phi) is 7.67. The zero-order valence-electron chi connectivity index (χ0n) is 16.2. The maximum atomic E-state index is 12.0. The normalized spacial score (nSPS) is 14.7. The van der Waals surface area contributed by atoms with Gasteiger partial charge in [0.15, 0.2) is 0 Å². The third-order valence-corrected chi connectivity index (χ3v) is 4.98. The van der Waals surface area contributed by atoms with E-state index >= 15 is 0 Å². The molecule has 1 saturated heterocycles. The quantitative estimate of drug-likeness (QED) is 0.565. The number of benzene rings is 2. The number of para-hydroxylation sites is 1. The fraction of sp³-hybridized carbons (Fsp3) is 0.273. The van der Waals surface area contributed by atoms with Gasteiger partial charge in [-0.1, -0.05) is 41.9 Å². The van der Waals surface area contributed by atoms with E-state index in [9.17, 15) is 9.59 Å². The fourth-order valence-electron chi connectivity index (χ4n) is 3.15. The van der Waals surface area contributed by atoms with Crippen LogP contribution in [0.3, 0.4) is 0 Å². The van der Waals surface area contributed by atoms with Crippen molar-refractivity contribution in [3.05, 3.63) is 71.3 Å². The molecule has 1 aliphatic rings. The van der Waals surface area contributed by atoms with Gasteiger partial charge in [0.2, 0.25) is 5.91 Å². The summed E-state index contributed by atoms with van der Waals surface area (Å²) in [5, 5.41) is 0.602. The van der Waals surface area contributed by atoms with Crippen molar-refractivity contribution in [1.82, 2.24) is 15.8 Å². The summed E-state index contributed by atoms with van der Waals surface area (Å²) < 4.78 is 0. The SMILES string of the molecule is O=C(/C=C/c1cccc(Cl)c1)NNC(=O)CCN1CCN(c2ccccc2)CC1. The van der Waals surface area contributed by atoms with Crippen molar-refractivity contribution in [2.24, 2.45) is 0 Å². The topological polar surface area (TPSA) is 64.7 Å². The summed E-state index contributed by atoms with van der Waals surface area (Å²) in [5.74, 6) is -0.602. The number of nitrogens with one attached hydrogen (secondary N) is 2. The van der Waals surface area contributed by atoms with E-state index in [1.807, 2.05) is 24.3 Å². The number of nitrogens with zero attached hydrogens (tertiary/aromatic N) is 2. The molecule has 0 unspecified atom stereocenters. The molecule has 3 rings (SSSR count). The molecule has 0 atom stereocenters. The first-order valence-corrected chi connectivity index (χ1v) is 10.0. The third kappa shape index (κ3) is 6.93. The summed E-state index contributed by atoms with van der Waals surface area (Å²) in [6, 6.07) is 17.5. The van der Waals surface area contributed by atoms with E-state index in [0.29, 0.717) is 18.0 Å². The van der Waals surface area contributed by atoms with Crippen LogP contribution in [0.2, 0.25) is 5.02 Å². The molecule has 0 saturated carbocycles. The van der Waals surface area contributed by atoms with Gasteiger partial charge in [0.05, 0.1) is 0 Å². The van der Waals surface area contributed by atoms with Crippen LogP contribution in [-0.4, -0.2) is 49.4 Å². The summed E-state index contributed by atoms with van der Waals surface area (Å²) in [6.45, 7) is 4.38. The Labute approximate surface area is 176 Å². The van der Waals surface area contributed by atoms with Gasteiger partial charge in [0.1, 0.15) is 0 Å². The third-order valence-electron chi connectivity index (χ3n) is 4.75. The minimum absolute atomic E-state index is 0.208. The average molecular weight is 413 g/mol. The molecule has 2 aromatic rings.